The molecule has 0 aliphatic carbocycles. The van der Waals surface area contributed by atoms with Crippen LogP contribution in [0, 0.1) is 0 Å². The highest BCUT2D eigenvalue weighted by atomic mass is 35.6. The van der Waals surface area contributed by atoms with Crippen molar-refractivity contribution in [2.75, 3.05) is 0 Å². The summed E-state index contributed by atoms with van der Waals surface area (Å²) in [7, 11) is -1.91. The average molecular weight is 155 g/mol. The number of hydrogen-bond donors (Lipinski definition) is 0. The lowest BCUT2D eigenvalue weighted by atomic mass is 10.4. The van der Waals surface area contributed by atoms with Gasteiger partial charge in [-0.25, -0.2) is 0 Å². The monoisotopic (exact) mass is 154 g/mol. The largest absolute Gasteiger partial charge is 0.168 e. The fourth-order valence-corrected chi connectivity index (χ4v) is 1.88. The van der Waals surface area contributed by atoms with Crippen LogP contribution in [0.4, 0.5) is 0 Å². The van der Waals surface area contributed by atoms with Crippen LogP contribution in [-0.2, 0) is 0 Å². The van der Waals surface area contributed by atoms with Crippen molar-refractivity contribution in [3.05, 3.63) is 0 Å². The first kappa shape index (κ1) is 5.30. The summed E-state index contributed by atoms with van der Waals surface area (Å²) in [5.74, 6) is 0. The number of unbranched alkanes of at least 4 members (excludes halogenated alkanes) is 1. The quantitative estimate of drug-likeness (QED) is 0.433. The van der Waals surface area contributed by atoms with Gasteiger partial charge in [-0.05, 0) is 6.04 Å². The zero-order chi connectivity index (χ0) is 8.04. The van der Waals surface area contributed by atoms with Gasteiger partial charge in [-0.3, -0.25) is 0 Å². The second-order valence-corrected chi connectivity index (χ2v) is 7.46. The SMILES string of the molecule is [3H]C[Si](Cl)(C[3H])CCCC. The van der Waals surface area contributed by atoms with Gasteiger partial charge in [0.25, 0.3) is 0 Å². The van der Waals surface area contributed by atoms with Crippen LogP contribution in [0.25, 0.3) is 0 Å². The molecule has 0 aliphatic heterocycles. The average Bonchev–Trinajstić information content (AvgIpc) is 2.00. The molecule has 0 aliphatic rings. The van der Waals surface area contributed by atoms with Gasteiger partial charge >= 0.3 is 0 Å². The van der Waals surface area contributed by atoms with E-state index in [1.807, 2.05) is 0 Å². The molecule has 0 bridgehead atoms. The summed E-state index contributed by atoms with van der Waals surface area (Å²) in [6.45, 7) is 2.72. The second-order valence-electron chi connectivity index (χ2n) is 2.25. The highest BCUT2D eigenvalue weighted by Gasteiger charge is 2.14. The van der Waals surface area contributed by atoms with E-state index < -0.39 is 7.38 Å². The summed E-state index contributed by atoms with van der Waals surface area (Å²) in [6.07, 6.45) is 2.22. The molecule has 0 heterocycles. The minimum Gasteiger partial charge on any atom is -0.168 e. The van der Waals surface area contributed by atoms with Crippen molar-refractivity contribution in [2.24, 2.45) is 0 Å². The van der Waals surface area contributed by atoms with Gasteiger partial charge in [0.05, 0.1) is 0 Å². The van der Waals surface area contributed by atoms with Crippen molar-refractivity contribution in [3.8, 4) is 0 Å². The summed E-state index contributed by atoms with van der Waals surface area (Å²) >= 11 is 6.05. The molecule has 0 aromatic heterocycles. The number of rotatable bonds is 3. The fourth-order valence-electron chi connectivity index (χ4n) is 0.494. The van der Waals surface area contributed by atoms with Crippen LogP contribution < -0.4 is 0 Å². The van der Waals surface area contributed by atoms with Crippen LogP contribution in [-0.4, -0.2) is 7.38 Å². The van der Waals surface area contributed by atoms with Gasteiger partial charge in [0.2, 0.25) is 0 Å². The van der Waals surface area contributed by atoms with Crippen molar-refractivity contribution in [2.45, 2.75) is 38.9 Å². The molecule has 0 aromatic carbocycles. The van der Waals surface area contributed by atoms with Gasteiger partial charge in [0.1, 0.15) is 7.38 Å². The normalized spacial score (nSPS) is 15.2. The molecule has 0 rings (SSSR count). The third kappa shape index (κ3) is 6.51. The number of halogens is 1. The van der Waals surface area contributed by atoms with Crippen LogP contribution in [0.1, 0.15) is 22.5 Å². The van der Waals surface area contributed by atoms with E-state index in [0.29, 0.717) is 13.0 Å². The van der Waals surface area contributed by atoms with Crippen molar-refractivity contribution >= 4 is 18.5 Å². The van der Waals surface area contributed by atoms with E-state index in [9.17, 15) is 0 Å². The maximum Gasteiger partial charge on any atom is 0.150 e. The Morgan fingerprint density at radius 3 is 2.62 bits per heavy atom. The van der Waals surface area contributed by atoms with Gasteiger partial charge in [-0.15, -0.1) is 0 Å². The van der Waals surface area contributed by atoms with Crippen LogP contribution in [0.2, 0.25) is 19.1 Å². The molecular formula is C6H15ClSi. The zero-order valence-electron chi connectivity index (χ0n) is 7.41. The van der Waals surface area contributed by atoms with Crippen molar-refractivity contribution < 1.29 is 2.74 Å². The van der Waals surface area contributed by atoms with E-state index in [-0.39, 0.29) is 0 Å². The van der Waals surface area contributed by atoms with Crippen molar-refractivity contribution in [1.29, 1.82) is 0 Å². The lowest BCUT2D eigenvalue weighted by Gasteiger charge is -2.10. The first-order valence-corrected chi connectivity index (χ1v) is 6.59. The molecule has 0 atom stereocenters. The molecule has 0 N–H and O–H groups in total. The first-order valence-electron chi connectivity index (χ1n) is 4.37. The molecule has 0 spiro atoms. The summed E-state index contributed by atoms with van der Waals surface area (Å²) in [6, 6.07) is 0.943. The Bertz CT molecular complexity index is 85.8. The Labute approximate surface area is 60.8 Å². The molecule has 8 heavy (non-hydrogen) atoms. The molecule has 0 saturated heterocycles. The minimum absolute atomic E-state index is 0.304. The van der Waals surface area contributed by atoms with Crippen LogP contribution >= 0.6 is 11.1 Å². The van der Waals surface area contributed by atoms with Crippen molar-refractivity contribution in [1.82, 2.24) is 0 Å². The highest BCUT2D eigenvalue weighted by molar-refractivity contribution is 7.19. The molecule has 0 fully saturated rings. The molecular weight excluding hydrogens is 136 g/mol. The Morgan fingerprint density at radius 1 is 1.62 bits per heavy atom. The summed E-state index contributed by atoms with van der Waals surface area (Å²) in [5.41, 5.74) is 0. The molecule has 0 amide bonds. The van der Waals surface area contributed by atoms with Gasteiger partial charge in [0.15, 0.2) is 0 Å². The van der Waals surface area contributed by atoms with Crippen LogP contribution in [0.3, 0.4) is 0 Å². The Hall–Kier alpha value is 0.507. The Balaban J connectivity index is 3.58. The third-order valence-corrected chi connectivity index (χ3v) is 2.79. The highest BCUT2D eigenvalue weighted by Crippen LogP contribution is 2.16. The van der Waals surface area contributed by atoms with E-state index in [1.165, 1.54) is 0 Å². The van der Waals surface area contributed by atoms with Crippen LogP contribution in [0.5, 0.6) is 0 Å². The lowest BCUT2D eigenvalue weighted by Crippen LogP contribution is -2.14. The summed E-state index contributed by atoms with van der Waals surface area (Å²) < 4.78 is 14.3. The van der Waals surface area contributed by atoms with E-state index in [0.717, 1.165) is 18.9 Å². The Kier molecular flexibility index (Phi) is 2.33. The summed E-state index contributed by atoms with van der Waals surface area (Å²) in [5, 5.41) is 0. The predicted octanol–water partition coefficient (Wildman–Crippen LogP) is 3.23. The Morgan fingerprint density at radius 2 is 2.25 bits per heavy atom. The molecule has 0 aromatic rings. The van der Waals surface area contributed by atoms with Gasteiger partial charge < -0.3 is 0 Å². The first-order chi connectivity index (χ1) is 4.68. The van der Waals surface area contributed by atoms with Crippen LogP contribution in [0.15, 0.2) is 0 Å². The van der Waals surface area contributed by atoms with E-state index in [4.69, 9.17) is 13.8 Å². The molecule has 2 heteroatoms. The molecule has 0 nitrogen and oxygen atoms in total. The lowest BCUT2D eigenvalue weighted by molar-refractivity contribution is 0.873. The van der Waals surface area contributed by atoms with E-state index in [1.54, 1.807) is 0 Å². The molecule has 0 unspecified atom stereocenters. The minimum atomic E-state index is -1.91. The van der Waals surface area contributed by atoms with E-state index >= 15 is 0 Å². The zero-order valence-corrected chi connectivity index (χ0v) is 7.17. The van der Waals surface area contributed by atoms with Gasteiger partial charge in [0, 0.05) is 2.74 Å². The second kappa shape index (κ2) is 3.52. The van der Waals surface area contributed by atoms with E-state index in [2.05, 4.69) is 6.92 Å². The predicted molar refractivity (Wildman–Crippen MR) is 43.1 cm³/mol. The molecule has 50 valence electrons. The van der Waals surface area contributed by atoms with Gasteiger partial charge in [-0.2, -0.15) is 11.1 Å². The smallest absolute Gasteiger partial charge is 0.150 e. The standard InChI is InChI=1S/C6H15ClSi/c1-4-5-6-8(2,3)7/h4-6H2,1-3H3/i2T,3T. The summed E-state index contributed by atoms with van der Waals surface area (Å²) in [4.78, 5) is 0. The van der Waals surface area contributed by atoms with Crippen molar-refractivity contribution in [3.63, 3.8) is 0 Å². The maximum atomic E-state index is 7.14. The fraction of sp³-hybridized carbons (Fsp3) is 1.00. The topological polar surface area (TPSA) is 0 Å². The maximum absolute atomic E-state index is 7.14. The molecule has 0 radical (unpaired) electrons. The third-order valence-electron chi connectivity index (χ3n) is 0.978. The molecule has 0 saturated carbocycles. The number of hydrogen-bond acceptors (Lipinski definition) is 0. The van der Waals surface area contributed by atoms with Gasteiger partial charge in [-0.1, -0.05) is 32.8 Å².